The van der Waals surface area contributed by atoms with E-state index < -0.39 is 23.5 Å². The van der Waals surface area contributed by atoms with E-state index in [-0.39, 0.29) is 0 Å². The maximum Gasteiger partial charge on any atom is 0.416 e. The van der Waals surface area contributed by atoms with Crippen molar-refractivity contribution in [2.75, 3.05) is 33.5 Å². The first kappa shape index (κ1) is 38.1. The van der Waals surface area contributed by atoms with E-state index >= 15 is 0 Å². The number of anilines is 6. The monoisotopic (exact) mass is 768 g/mol. The zero-order chi connectivity index (χ0) is 39.5. The highest BCUT2D eigenvalue weighted by Crippen LogP contribution is 2.34. The van der Waals surface area contributed by atoms with E-state index in [4.69, 9.17) is 0 Å². The lowest BCUT2D eigenvalue weighted by molar-refractivity contribution is -0.138. The molecule has 288 valence electrons. The van der Waals surface area contributed by atoms with Crippen molar-refractivity contribution in [3.05, 3.63) is 154 Å². The summed E-state index contributed by atoms with van der Waals surface area (Å²) in [7, 11) is 0. The number of hydrogen-bond acceptors (Lipinski definition) is 8. The average Bonchev–Trinajstić information content (AvgIpc) is 3.18. The first-order chi connectivity index (χ1) is 26.8. The SMILES string of the molecule is Cc1cccc(N2CCc3ncnc(Nc4ccc(C(F)(F)F)cc4)c3C2)c1.Cc1ccccc1N1CCc2ncnc(Nc3ccc(C(F)(F)F)cc3)c2C1. The molecule has 0 bridgehead atoms. The molecule has 0 radical (unpaired) electrons. The van der Waals surface area contributed by atoms with Crippen molar-refractivity contribution in [1.82, 2.24) is 19.9 Å². The van der Waals surface area contributed by atoms with Crippen molar-refractivity contribution in [3.8, 4) is 0 Å². The van der Waals surface area contributed by atoms with Crippen LogP contribution in [-0.4, -0.2) is 33.0 Å². The zero-order valence-corrected chi connectivity index (χ0v) is 30.6. The fraction of sp³-hybridized carbons (Fsp3) is 0.238. The van der Waals surface area contributed by atoms with Crippen LogP contribution in [0.4, 0.5) is 60.7 Å². The van der Waals surface area contributed by atoms with Crippen LogP contribution < -0.4 is 20.4 Å². The molecule has 0 spiro atoms. The van der Waals surface area contributed by atoms with Crippen LogP contribution in [0.2, 0.25) is 0 Å². The lowest BCUT2D eigenvalue weighted by atomic mass is 10.0. The minimum Gasteiger partial charge on any atom is -0.367 e. The Morgan fingerprint density at radius 2 is 1.05 bits per heavy atom. The summed E-state index contributed by atoms with van der Waals surface area (Å²) in [5.74, 6) is 1.25. The van der Waals surface area contributed by atoms with Crippen molar-refractivity contribution >= 4 is 34.4 Å². The number of para-hydroxylation sites is 1. The van der Waals surface area contributed by atoms with Gasteiger partial charge in [0.15, 0.2) is 0 Å². The number of benzene rings is 4. The number of aryl methyl sites for hydroxylation is 2. The normalized spacial score (nSPS) is 13.9. The summed E-state index contributed by atoms with van der Waals surface area (Å²) in [6, 6.07) is 26.4. The molecule has 8 rings (SSSR count). The van der Waals surface area contributed by atoms with Gasteiger partial charge in [0, 0.05) is 72.9 Å². The summed E-state index contributed by atoms with van der Waals surface area (Å²) < 4.78 is 76.6. The highest BCUT2D eigenvalue weighted by atomic mass is 19.4. The van der Waals surface area contributed by atoms with Gasteiger partial charge in [-0.1, -0.05) is 30.3 Å². The summed E-state index contributed by atoms with van der Waals surface area (Å²) in [5, 5.41) is 6.30. The summed E-state index contributed by atoms with van der Waals surface area (Å²) in [6.45, 7) is 7.13. The minimum atomic E-state index is -4.35. The molecule has 0 atom stereocenters. The Hall–Kier alpha value is -6.18. The van der Waals surface area contributed by atoms with E-state index in [1.165, 1.54) is 48.0 Å². The molecule has 2 aliphatic rings. The Balaban J connectivity index is 0.000000172. The fourth-order valence-electron chi connectivity index (χ4n) is 6.83. The molecular weight excluding hydrogens is 731 g/mol. The van der Waals surface area contributed by atoms with Gasteiger partial charge in [-0.05, 0) is 91.7 Å². The van der Waals surface area contributed by atoms with Crippen molar-refractivity contribution in [3.63, 3.8) is 0 Å². The lowest BCUT2D eigenvalue weighted by Gasteiger charge is -2.32. The van der Waals surface area contributed by atoms with Gasteiger partial charge in [0.05, 0.1) is 22.5 Å². The second kappa shape index (κ2) is 15.9. The summed E-state index contributed by atoms with van der Waals surface area (Å²) >= 11 is 0. The molecule has 0 fully saturated rings. The van der Waals surface area contributed by atoms with E-state index in [1.54, 1.807) is 0 Å². The van der Waals surface area contributed by atoms with Gasteiger partial charge in [-0.15, -0.1) is 0 Å². The maximum absolute atomic E-state index is 12.8. The molecule has 2 aromatic heterocycles. The molecule has 4 heterocycles. The Bertz CT molecular complexity index is 2290. The first-order valence-corrected chi connectivity index (χ1v) is 18.0. The van der Waals surface area contributed by atoms with E-state index in [2.05, 4.69) is 84.5 Å². The van der Waals surface area contributed by atoms with E-state index in [0.717, 1.165) is 84.1 Å². The molecular formula is C42H38F6N8. The second-order valence-corrected chi connectivity index (χ2v) is 13.7. The Morgan fingerprint density at radius 1 is 0.554 bits per heavy atom. The van der Waals surface area contributed by atoms with Gasteiger partial charge in [0.2, 0.25) is 0 Å². The molecule has 6 aromatic rings. The molecule has 2 N–H and O–H groups in total. The first-order valence-electron chi connectivity index (χ1n) is 18.0. The predicted octanol–water partition coefficient (Wildman–Crippen LogP) is 10.2. The molecule has 14 heteroatoms. The topological polar surface area (TPSA) is 82.1 Å². The third kappa shape index (κ3) is 8.85. The number of halogens is 6. The number of alkyl halides is 6. The molecule has 2 aliphatic heterocycles. The average molecular weight is 769 g/mol. The molecule has 0 saturated carbocycles. The van der Waals surface area contributed by atoms with Crippen LogP contribution in [0.1, 0.15) is 44.8 Å². The van der Waals surface area contributed by atoms with Crippen LogP contribution in [0.15, 0.2) is 110 Å². The molecule has 0 saturated heterocycles. The Morgan fingerprint density at radius 3 is 1.55 bits per heavy atom. The molecule has 0 amide bonds. The van der Waals surface area contributed by atoms with Gasteiger partial charge in [0.25, 0.3) is 0 Å². The predicted molar refractivity (Wildman–Crippen MR) is 205 cm³/mol. The van der Waals surface area contributed by atoms with E-state index in [9.17, 15) is 26.3 Å². The van der Waals surface area contributed by atoms with E-state index in [0.29, 0.717) is 36.1 Å². The number of aromatic nitrogens is 4. The minimum absolute atomic E-state index is 0.557. The van der Waals surface area contributed by atoms with Gasteiger partial charge in [-0.2, -0.15) is 26.3 Å². The summed E-state index contributed by atoms with van der Waals surface area (Å²) in [5.41, 5.74) is 8.32. The zero-order valence-electron chi connectivity index (χ0n) is 30.6. The second-order valence-electron chi connectivity index (χ2n) is 13.7. The number of hydrogen-bond donors (Lipinski definition) is 2. The quantitative estimate of drug-likeness (QED) is 0.162. The van der Waals surface area contributed by atoms with Crippen LogP contribution in [-0.2, 0) is 38.3 Å². The summed E-state index contributed by atoms with van der Waals surface area (Å²) in [6.07, 6.45) is -4.13. The number of nitrogens with zero attached hydrogens (tertiary/aromatic N) is 6. The Labute approximate surface area is 320 Å². The van der Waals surface area contributed by atoms with Crippen molar-refractivity contribution in [2.45, 2.75) is 52.1 Å². The molecule has 0 unspecified atom stereocenters. The smallest absolute Gasteiger partial charge is 0.367 e. The number of rotatable bonds is 6. The molecule has 0 aliphatic carbocycles. The van der Waals surface area contributed by atoms with Crippen molar-refractivity contribution in [2.24, 2.45) is 0 Å². The molecule has 4 aromatic carbocycles. The standard InChI is InChI=1S/2C21H19F3N4/c1-14-3-2-4-17(11-14)28-10-9-19-18(12-28)20(26-13-25-19)27-16-7-5-15(6-8-16)21(22,23)24;1-14-4-2-3-5-19(14)28-11-10-18-17(12-28)20(26-13-25-18)27-16-8-6-15(7-9-16)21(22,23)24/h2-8,11,13H,9-10,12H2,1H3,(H,25,26,27);2-9,13H,10-12H2,1H3,(H,25,26,27). The van der Waals surface area contributed by atoms with Crippen LogP contribution >= 0.6 is 0 Å². The van der Waals surface area contributed by atoms with Crippen LogP contribution in [0, 0.1) is 13.8 Å². The van der Waals surface area contributed by atoms with Crippen LogP contribution in [0.5, 0.6) is 0 Å². The summed E-state index contributed by atoms with van der Waals surface area (Å²) in [4.78, 5) is 22.0. The maximum atomic E-state index is 12.8. The highest BCUT2D eigenvalue weighted by Gasteiger charge is 2.31. The van der Waals surface area contributed by atoms with Gasteiger partial charge < -0.3 is 20.4 Å². The Kier molecular flexibility index (Phi) is 10.8. The lowest BCUT2D eigenvalue weighted by Crippen LogP contribution is -2.32. The van der Waals surface area contributed by atoms with Crippen LogP contribution in [0.25, 0.3) is 0 Å². The molecule has 8 nitrogen and oxygen atoms in total. The van der Waals surface area contributed by atoms with Crippen LogP contribution in [0.3, 0.4) is 0 Å². The fourth-order valence-corrected chi connectivity index (χ4v) is 6.83. The van der Waals surface area contributed by atoms with Gasteiger partial charge >= 0.3 is 12.4 Å². The third-order valence-electron chi connectivity index (χ3n) is 9.78. The third-order valence-corrected chi connectivity index (χ3v) is 9.78. The van der Waals surface area contributed by atoms with Gasteiger partial charge in [-0.25, -0.2) is 19.9 Å². The number of fused-ring (bicyclic) bond motifs is 2. The largest absolute Gasteiger partial charge is 0.416 e. The van der Waals surface area contributed by atoms with Gasteiger partial charge in [0.1, 0.15) is 24.3 Å². The van der Waals surface area contributed by atoms with Gasteiger partial charge in [-0.3, -0.25) is 0 Å². The van der Waals surface area contributed by atoms with Crippen molar-refractivity contribution in [1.29, 1.82) is 0 Å². The molecule has 56 heavy (non-hydrogen) atoms. The number of nitrogens with one attached hydrogen (secondary N) is 2. The highest BCUT2D eigenvalue weighted by molar-refractivity contribution is 5.64. The van der Waals surface area contributed by atoms with E-state index in [1.807, 2.05) is 18.2 Å². The van der Waals surface area contributed by atoms with Crippen molar-refractivity contribution < 1.29 is 26.3 Å².